The highest BCUT2D eigenvalue weighted by molar-refractivity contribution is 5.48. The maximum absolute atomic E-state index is 9.25. The van der Waals surface area contributed by atoms with Crippen LogP contribution in [0.25, 0.3) is 0 Å². The number of phenolic OH excluding ortho intramolecular Hbond substituents is 1. The van der Waals surface area contributed by atoms with Gasteiger partial charge in [0, 0.05) is 5.92 Å². The van der Waals surface area contributed by atoms with Crippen LogP contribution in [0.5, 0.6) is 5.75 Å². The number of hydrogen-bond acceptors (Lipinski definition) is 1. The number of phenols is 1. The zero-order valence-corrected chi connectivity index (χ0v) is 9.57. The first-order valence-electron chi connectivity index (χ1n) is 5.37. The Morgan fingerprint density at radius 3 is 2.19 bits per heavy atom. The van der Waals surface area contributed by atoms with Crippen molar-refractivity contribution in [3.05, 3.63) is 71.1 Å². The van der Waals surface area contributed by atoms with Gasteiger partial charge in [-0.05, 0) is 35.7 Å². The number of rotatable bonds is 2. The van der Waals surface area contributed by atoms with Gasteiger partial charge in [0.05, 0.1) is 0 Å². The predicted molar refractivity (Wildman–Crippen MR) is 66.4 cm³/mol. The molecule has 1 nitrogen and oxygen atoms in total. The Morgan fingerprint density at radius 2 is 1.56 bits per heavy atom. The number of aromatic hydroxyl groups is 1. The molecule has 0 saturated carbocycles. The summed E-state index contributed by atoms with van der Waals surface area (Å²) in [5, 5.41) is 9.25. The van der Waals surface area contributed by atoms with Crippen molar-refractivity contribution in [2.45, 2.75) is 13.8 Å². The van der Waals surface area contributed by atoms with Gasteiger partial charge in [-0.3, -0.25) is 0 Å². The lowest BCUT2D eigenvalue weighted by Crippen LogP contribution is -1.99. The fourth-order valence-corrected chi connectivity index (χ4v) is 1.86. The van der Waals surface area contributed by atoms with E-state index < -0.39 is 0 Å². The first kappa shape index (κ1) is 10.7. The Bertz CT molecular complexity index is 471. The monoisotopic (exact) mass is 211 g/mol. The Morgan fingerprint density at radius 1 is 0.938 bits per heavy atom. The molecular weight excluding hydrogens is 196 g/mol. The van der Waals surface area contributed by atoms with Gasteiger partial charge in [0.2, 0.25) is 0 Å². The molecule has 0 aliphatic rings. The summed E-state index contributed by atoms with van der Waals surface area (Å²) in [5.41, 5.74) is 3.67. The van der Waals surface area contributed by atoms with Gasteiger partial charge >= 0.3 is 0 Å². The molecule has 0 fully saturated rings. The van der Waals surface area contributed by atoms with Crippen molar-refractivity contribution in [3.63, 3.8) is 0 Å². The van der Waals surface area contributed by atoms with E-state index in [1.54, 1.807) is 12.1 Å². The van der Waals surface area contributed by atoms with Gasteiger partial charge in [0.25, 0.3) is 0 Å². The quantitative estimate of drug-likeness (QED) is 0.803. The maximum Gasteiger partial charge on any atom is 0.115 e. The molecule has 0 heterocycles. The highest BCUT2D eigenvalue weighted by atomic mass is 16.3. The first-order chi connectivity index (χ1) is 7.68. The van der Waals surface area contributed by atoms with E-state index in [0.717, 1.165) is 5.56 Å². The predicted octanol–water partition coefficient (Wildman–Crippen LogP) is 3.69. The normalized spacial score (nSPS) is 10.7. The summed E-state index contributed by atoms with van der Waals surface area (Å²) in [7, 11) is 0. The van der Waals surface area contributed by atoms with Crippen LogP contribution in [-0.2, 0) is 0 Å². The highest BCUT2D eigenvalue weighted by Crippen LogP contribution is 2.26. The van der Waals surface area contributed by atoms with Crippen LogP contribution in [0.1, 0.15) is 23.6 Å². The van der Waals surface area contributed by atoms with Gasteiger partial charge in [0.15, 0.2) is 0 Å². The highest BCUT2D eigenvalue weighted by Gasteiger charge is 2.10. The molecule has 0 saturated heterocycles. The van der Waals surface area contributed by atoms with Gasteiger partial charge in [-0.15, -0.1) is 0 Å². The van der Waals surface area contributed by atoms with Crippen molar-refractivity contribution < 1.29 is 5.11 Å². The van der Waals surface area contributed by atoms with Gasteiger partial charge in [-0.1, -0.05) is 43.3 Å². The summed E-state index contributed by atoms with van der Waals surface area (Å²) in [4.78, 5) is 0. The van der Waals surface area contributed by atoms with E-state index in [0.29, 0.717) is 5.75 Å². The third-order valence-corrected chi connectivity index (χ3v) is 2.85. The zero-order chi connectivity index (χ0) is 11.5. The van der Waals surface area contributed by atoms with Crippen molar-refractivity contribution in [2.75, 3.05) is 0 Å². The van der Waals surface area contributed by atoms with Gasteiger partial charge in [-0.2, -0.15) is 0 Å². The summed E-state index contributed by atoms with van der Waals surface area (Å²) in [6.45, 7) is 4.22. The van der Waals surface area contributed by atoms with Gasteiger partial charge in [-0.25, -0.2) is 0 Å². The summed E-state index contributed by atoms with van der Waals surface area (Å²) in [6, 6.07) is 15.6. The molecule has 81 valence electrons. The number of benzene rings is 2. The standard InChI is InChI=1S/C15H15O/c1-11-5-3-4-6-15(11)12(2)13-7-9-14(16)10-8-13/h3-10,16H,1-2H3. The third kappa shape index (κ3) is 2.08. The van der Waals surface area contributed by atoms with Crippen LogP contribution in [-0.4, -0.2) is 5.11 Å². The largest absolute Gasteiger partial charge is 0.508 e. The Labute approximate surface area is 96.4 Å². The molecule has 1 N–H and O–H groups in total. The van der Waals surface area contributed by atoms with E-state index in [4.69, 9.17) is 0 Å². The first-order valence-corrected chi connectivity index (χ1v) is 5.37. The molecule has 0 atom stereocenters. The van der Waals surface area contributed by atoms with E-state index in [-0.39, 0.29) is 0 Å². The molecule has 0 spiro atoms. The SMILES string of the molecule is C[C](c1ccc(O)cc1)c1ccccc1C. The van der Waals surface area contributed by atoms with E-state index in [9.17, 15) is 5.11 Å². The lowest BCUT2D eigenvalue weighted by atomic mass is 9.90. The summed E-state index contributed by atoms with van der Waals surface area (Å²) in [5.74, 6) is 1.54. The van der Waals surface area contributed by atoms with Crippen LogP contribution >= 0.6 is 0 Å². The molecule has 2 rings (SSSR count). The van der Waals surface area contributed by atoms with Gasteiger partial charge in [0.1, 0.15) is 5.75 Å². The lowest BCUT2D eigenvalue weighted by Gasteiger charge is -2.14. The maximum atomic E-state index is 9.25. The fraction of sp³-hybridized carbons (Fsp3) is 0.133. The van der Waals surface area contributed by atoms with Crippen LogP contribution < -0.4 is 0 Å². The second-order valence-corrected chi connectivity index (χ2v) is 3.99. The molecule has 2 aromatic carbocycles. The summed E-state index contributed by atoms with van der Waals surface area (Å²) < 4.78 is 0. The van der Waals surface area contributed by atoms with E-state index >= 15 is 0 Å². The molecule has 0 aliphatic carbocycles. The van der Waals surface area contributed by atoms with Crippen molar-refractivity contribution in [3.8, 4) is 5.75 Å². The number of aryl methyl sites for hydroxylation is 1. The minimum Gasteiger partial charge on any atom is -0.508 e. The Kier molecular flexibility index (Phi) is 2.95. The minimum atomic E-state index is 0.307. The fourth-order valence-electron chi connectivity index (χ4n) is 1.86. The molecule has 0 bridgehead atoms. The van der Waals surface area contributed by atoms with Crippen LogP contribution in [0.4, 0.5) is 0 Å². The van der Waals surface area contributed by atoms with Crippen LogP contribution in [0.3, 0.4) is 0 Å². The van der Waals surface area contributed by atoms with Crippen molar-refractivity contribution >= 4 is 0 Å². The van der Waals surface area contributed by atoms with Crippen LogP contribution in [0, 0.1) is 12.8 Å². The van der Waals surface area contributed by atoms with Crippen molar-refractivity contribution in [1.82, 2.24) is 0 Å². The van der Waals surface area contributed by atoms with Crippen LogP contribution in [0.2, 0.25) is 0 Å². The van der Waals surface area contributed by atoms with Crippen molar-refractivity contribution in [2.24, 2.45) is 0 Å². The molecule has 16 heavy (non-hydrogen) atoms. The molecule has 1 radical (unpaired) electrons. The summed E-state index contributed by atoms with van der Waals surface area (Å²) in [6.07, 6.45) is 0. The van der Waals surface area contributed by atoms with Gasteiger partial charge < -0.3 is 5.11 Å². The topological polar surface area (TPSA) is 20.2 Å². The Balaban J connectivity index is 2.35. The molecule has 0 aliphatic heterocycles. The lowest BCUT2D eigenvalue weighted by molar-refractivity contribution is 0.475. The van der Waals surface area contributed by atoms with E-state index in [1.807, 2.05) is 24.3 Å². The molecule has 0 unspecified atom stereocenters. The second-order valence-electron chi connectivity index (χ2n) is 3.99. The minimum absolute atomic E-state index is 0.307. The van der Waals surface area contributed by atoms with E-state index in [2.05, 4.69) is 26.0 Å². The zero-order valence-electron chi connectivity index (χ0n) is 9.57. The molecule has 0 aromatic heterocycles. The molecule has 2 aromatic rings. The van der Waals surface area contributed by atoms with Crippen molar-refractivity contribution in [1.29, 1.82) is 0 Å². The Hall–Kier alpha value is -1.76. The molecule has 0 amide bonds. The molecule has 1 heteroatoms. The average Bonchev–Trinajstić information content (AvgIpc) is 2.30. The third-order valence-electron chi connectivity index (χ3n) is 2.85. The average molecular weight is 211 g/mol. The summed E-state index contributed by atoms with van der Waals surface area (Å²) >= 11 is 0. The second kappa shape index (κ2) is 4.40. The number of hydrogen-bond donors (Lipinski definition) is 1. The smallest absolute Gasteiger partial charge is 0.115 e. The van der Waals surface area contributed by atoms with Crippen LogP contribution in [0.15, 0.2) is 48.5 Å². The molecular formula is C15H15O. The van der Waals surface area contributed by atoms with E-state index in [1.165, 1.54) is 17.0 Å².